The summed E-state index contributed by atoms with van der Waals surface area (Å²) in [5, 5.41) is 0.164. The molecule has 1 rings (SSSR count). The van der Waals surface area contributed by atoms with E-state index in [2.05, 4.69) is 59.5 Å². The number of allylic oxidation sites excluding steroid dienone is 2. The van der Waals surface area contributed by atoms with Gasteiger partial charge in [0.05, 0.1) is 13.7 Å². The molecule has 0 saturated heterocycles. The lowest BCUT2D eigenvalue weighted by atomic mass is 9.86. The molecule has 0 radical (unpaired) electrons. The summed E-state index contributed by atoms with van der Waals surface area (Å²) in [6, 6.07) is 10.2. The van der Waals surface area contributed by atoms with Crippen LogP contribution in [0.3, 0.4) is 0 Å². The zero-order valence-electron chi connectivity index (χ0n) is 22.0. The van der Waals surface area contributed by atoms with Crippen LogP contribution < -0.4 is 0 Å². The summed E-state index contributed by atoms with van der Waals surface area (Å²) in [5.41, 5.74) is 1.16. The predicted octanol–water partition coefficient (Wildman–Crippen LogP) is 7.32. The Kier molecular flexibility index (Phi) is 12.9. The number of ketones is 1. The molecular formula is C28H46O4Si. The number of hydrogen-bond donors (Lipinski definition) is 0. The summed E-state index contributed by atoms with van der Waals surface area (Å²) in [6.07, 6.45) is 6.50. The van der Waals surface area contributed by atoms with Crippen LogP contribution in [0.4, 0.5) is 0 Å². The van der Waals surface area contributed by atoms with Gasteiger partial charge in [-0.2, -0.15) is 0 Å². The van der Waals surface area contributed by atoms with Crippen LogP contribution in [-0.2, 0) is 25.3 Å². The monoisotopic (exact) mass is 474 g/mol. The van der Waals surface area contributed by atoms with Crippen LogP contribution in [0.15, 0.2) is 54.8 Å². The maximum Gasteiger partial charge on any atom is 0.191 e. The van der Waals surface area contributed by atoms with E-state index in [-0.39, 0.29) is 22.7 Å². The number of carbonyl (C=O) groups is 1. The molecule has 0 saturated carbocycles. The molecule has 1 unspecified atom stereocenters. The first kappa shape index (κ1) is 29.3. The van der Waals surface area contributed by atoms with E-state index in [4.69, 9.17) is 13.9 Å². The fraction of sp³-hybridized carbons (Fsp3) is 0.607. The van der Waals surface area contributed by atoms with Crippen LogP contribution in [0.1, 0.15) is 58.9 Å². The van der Waals surface area contributed by atoms with Crippen molar-refractivity contribution < 1.29 is 18.7 Å². The summed E-state index contributed by atoms with van der Waals surface area (Å²) in [6.45, 7) is 19.0. The van der Waals surface area contributed by atoms with Crippen molar-refractivity contribution in [3.63, 3.8) is 0 Å². The standard InChI is InChI=1S/C28H46O4Si/c1-9-10-16-25(23(2)21-31-22-24-14-12-11-13-15-24)19-26(29)20-27(30-6)17-18-32-33(7,8)28(3,4)5/h9,11-15,20,23,25H,1,10,16-19,21-22H2,2-8H3/b27-20-/t23?,25-/m1/s1. The molecule has 0 aliphatic heterocycles. The molecular weight excluding hydrogens is 428 g/mol. The molecule has 0 fully saturated rings. The van der Waals surface area contributed by atoms with Crippen molar-refractivity contribution in [1.29, 1.82) is 0 Å². The van der Waals surface area contributed by atoms with Gasteiger partial charge >= 0.3 is 0 Å². The molecule has 0 spiro atoms. The fourth-order valence-electron chi connectivity index (χ4n) is 3.35. The van der Waals surface area contributed by atoms with E-state index >= 15 is 0 Å². The highest BCUT2D eigenvalue weighted by molar-refractivity contribution is 6.74. The first-order chi connectivity index (χ1) is 15.5. The van der Waals surface area contributed by atoms with Crippen molar-refractivity contribution in [2.24, 2.45) is 11.8 Å². The molecule has 0 aromatic heterocycles. The molecule has 0 aliphatic rings. The Morgan fingerprint density at radius 3 is 2.42 bits per heavy atom. The number of hydrogen-bond acceptors (Lipinski definition) is 4. The molecule has 0 N–H and O–H groups in total. The summed E-state index contributed by atoms with van der Waals surface area (Å²) >= 11 is 0. The highest BCUT2D eigenvalue weighted by atomic mass is 28.4. The number of carbonyl (C=O) groups excluding carboxylic acids is 1. The highest BCUT2D eigenvalue weighted by Crippen LogP contribution is 2.36. The molecule has 4 nitrogen and oxygen atoms in total. The molecule has 0 amide bonds. The third-order valence-electron chi connectivity index (χ3n) is 6.70. The van der Waals surface area contributed by atoms with E-state index in [1.54, 1.807) is 13.2 Å². The van der Waals surface area contributed by atoms with E-state index in [0.29, 0.717) is 38.4 Å². The molecule has 1 aromatic rings. The van der Waals surface area contributed by atoms with Crippen LogP contribution in [0.25, 0.3) is 0 Å². The first-order valence-corrected chi connectivity index (χ1v) is 15.0. The van der Waals surface area contributed by atoms with Crippen LogP contribution in [0.2, 0.25) is 18.1 Å². The van der Waals surface area contributed by atoms with E-state index in [9.17, 15) is 4.79 Å². The molecule has 2 atom stereocenters. The lowest BCUT2D eigenvalue weighted by molar-refractivity contribution is -0.116. The van der Waals surface area contributed by atoms with Gasteiger partial charge in [0.2, 0.25) is 0 Å². The lowest BCUT2D eigenvalue weighted by Gasteiger charge is -2.36. The van der Waals surface area contributed by atoms with Crippen LogP contribution in [0, 0.1) is 11.8 Å². The zero-order chi connectivity index (χ0) is 24.9. The summed E-state index contributed by atoms with van der Waals surface area (Å²) in [7, 11) is -0.183. The van der Waals surface area contributed by atoms with Crippen molar-refractivity contribution in [2.75, 3.05) is 20.3 Å². The van der Waals surface area contributed by atoms with Gasteiger partial charge in [-0.05, 0) is 48.4 Å². The van der Waals surface area contributed by atoms with Gasteiger partial charge in [-0.15, -0.1) is 6.58 Å². The Labute approximate surface area is 203 Å². The van der Waals surface area contributed by atoms with Crippen LogP contribution >= 0.6 is 0 Å². The Morgan fingerprint density at radius 1 is 1.18 bits per heavy atom. The molecule has 5 heteroatoms. The zero-order valence-corrected chi connectivity index (χ0v) is 23.0. The van der Waals surface area contributed by atoms with Crippen molar-refractivity contribution in [1.82, 2.24) is 0 Å². The average Bonchev–Trinajstić information content (AvgIpc) is 2.75. The number of rotatable bonds is 16. The highest BCUT2D eigenvalue weighted by Gasteiger charge is 2.36. The van der Waals surface area contributed by atoms with Crippen molar-refractivity contribution in [2.45, 2.75) is 78.1 Å². The summed E-state index contributed by atoms with van der Waals surface area (Å²) in [5.74, 6) is 1.31. The SMILES string of the molecule is C=CCC[C@H](CC(=O)/C=C(/CCO[Si](C)(C)C(C)(C)C)OC)C(C)COCc1ccccc1. The maximum absolute atomic E-state index is 12.8. The molecule has 0 aliphatic carbocycles. The Bertz CT molecular complexity index is 734. The number of benzene rings is 1. The predicted molar refractivity (Wildman–Crippen MR) is 141 cm³/mol. The minimum Gasteiger partial charge on any atom is -0.501 e. The van der Waals surface area contributed by atoms with Crippen LogP contribution in [0.5, 0.6) is 0 Å². The molecule has 33 heavy (non-hydrogen) atoms. The van der Waals surface area contributed by atoms with Gasteiger partial charge in [0, 0.05) is 32.1 Å². The van der Waals surface area contributed by atoms with E-state index in [0.717, 1.165) is 18.4 Å². The minimum atomic E-state index is -1.81. The molecule has 186 valence electrons. The summed E-state index contributed by atoms with van der Waals surface area (Å²) < 4.78 is 17.7. The largest absolute Gasteiger partial charge is 0.501 e. The van der Waals surface area contributed by atoms with Gasteiger partial charge in [0.25, 0.3) is 0 Å². The van der Waals surface area contributed by atoms with Crippen molar-refractivity contribution >= 4 is 14.1 Å². The van der Waals surface area contributed by atoms with Gasteiger partial charge in [0.15, 0.2) is 14.1 Å². The van der Waals surface area contributed by atoms with Gasteiger partial charge in [-0.3, -0.25) is 4.79 Å². The second-order valence-electron chi connectivity index (χ2n) is 10.4. The van der Waals surface area contributed by atoms with Crippen molar-refractivity contribution in [3.05, 3.63) is 60.4 Å². The van der Waals surface area contributed by atoms with E-state index < -0.39 is 8.32 Å². The van der Waals surface area contributed by atoms with Gasteiger partial charge in [-0.25, -0.2) is 0 Å². The topological polar surface area (TPSA) is 44.8 Å². The first-order valence-electron chi connectivity index (χ1n) is 12.1. The molecule has 0 bridgehead atoms. The van der Waals surface area contributed by atoms with E-state index in [1.807, 2.05) is 24.3 Å². The van der Waals surface area contributed by atoms with Gasteiger partial charge in [0.1, 0.15) is 5.76 Å². The average molecular weight is 475 g/mol. The summed E-state index contributed by atoms with van der Waals surface area (Å²) in [4.78, 5) is 12.8. The van der Waals surface area contributed by atoms with Gasteiger partial charge < -0.3 is 13.9 Å². The van der Waals surface area contributed by atoms with E-state index in [1.165, 1.54) is 0 Å². The smallest absolute Gasteiger partial charge is 0.191 e. The molecule has 1 aromatic carbocycles. The van der Waals surface area contributed by atoms with Gasteiger partial charge in [-0.1, -0.05) is 64.1 Å². The third kappa shape index (κ3) is 11.3. The number of methoxy groups -OCH3 is 1. The van der Waals surface area contributed by atoms with Crippen LogP contribution in [-0.4, -0.2) is 34.4 Å². The second-order valence-corrected chi connectivity index (χ2v) is 15.3. The van der Waals surface area contributed by atoms with Crippen molar-refractivity contribution in [3.8, 4) is 0 Å². The third-order valence-corrected chi connectivity index (χ3v) is 11.2. The Balaban J connectivity index is 2.63. The minimum absolute atomic E-state index is 0.100. The second kappa shape index (κ2) is 14.5. The maximum atomic E-state index is 12.8. The quantitative estimate of drug-likeness (QED) is 0.109. The lowest BCUT2D eigenvalue weighted by Crippen LogP contribution is -2.41. The Morgan fingerprint density at radius 2 is 1.85 bits per heavy atom. The molecule has 0 heterocycles. The Hall–Kier alpha value is -1.69. The normalized spacial score (nSPS) is 14.6. The fourth-order valence-corrected chi connectivity index (χ4v) is 4.39. The number of ether oxygens (including phenoxy) is 2.